The van der Waals surface area contributed by atoms with Crippen molar-refractivity contribution in [3.63, 3.8) is 0 Å². The molecule has 11 heteroatoms. The van der Waals surface area contributed by atoms with Gasteiger partial charge in [0.25, 0.3) is 5.91 Å². The lowest BCUT2D eigenvalue weighted by molar-refractivity contribution is -0.139. The van der Waals surface area contributed by atoms with Crippen LogP contribution >= 0.6 is 12.2 Å². The highest BCUT2D eigenvalue weighted by Crippen LogP contribution is 2.33. The molecule has 0 aromatic heterocycles. The minimum absolute atomic E-state index is 0.227. The third-order valence-electron chi connectivity index (χ3n) is 6.18. The van der Waals surface area contributed by atoms with Crippen LogP contribution in [0.3, 0.4) is 0 Å². The first-order chi connectivity index (χ1) is 20.4. The number of esters is 1. The second kappa shape index (κ2) is 14.6. The highest BCUT2D eigenvalue weighted by Gasteiger charge is 2.32. The quantitative estimate of drug-likeness (QED) is 0.124. The number of methoxy groups -OCH3 is 1. The van der Waals surface area contributed by atoms with E-state index in [-0.39, 0.29) is 13.2 Å². The van der Waals surface area contributed by atoms with Gasteiger partial charge in [-0.15, -0.1) is 0 Å². The molecule has 10 nitrogen and oxygen atoms in total. The Hall–Kier alpha value is -4.90. The molecule has 0 saturated carbocycles. The Bertz CT molecular complexity index is 1490. The van der Waals surface area contributed by atoms with Gasteiger partial charge in [-0.2, -0.15) is 5.10 Å². The third kappa shape index (κ3) is 7.85. The van der Waals surface area contributed by atoms with Crippen molar-refractivity contribution >= 4 is 35.4 Å². The number of hydrazone groups is 1. The smallest absolute Gasteiger partial charge is 0.338 e. The normalized spacial score (nSPS) is 14.5. The Kier molecular flexibility index (Phi) is 10.5. The molecule has 3 N–H and O–H groups in total. The summed E-state index contributed by atoms with van der Waals surface area (Å²) in [5, 5.41) is 10.5. The number of benzene rings is 3. The van der Waals surface area contributed by atoms with E-state index in [1.807, 2.05) is 36.4 Å². The van der Waals surface area contributed by atoms with Crippen molar-refractivity contribution in [2.45, 2.75) is 26.5 Å². The van der Waals surface area contributed by atoms with E-state index in [0.29, 0.717) is 51.4 Å². The molecule has 0 radical (unpaired) electrons. The largest absolute Gasteiger partial charge is 0.493 e. The zero-order valence-corrected chi connectivity index (χ0v) is 24.3. The lowest BCUT2D eigenvalue weighted by Crippen LogP contribution is -2.45. The number of carbonyl (C=O) groups excluding carboxylic acids is 2. The van der Waals surface area contributed by atoms with Crippen LogP contribution in [0.5, 0.6) is 17.2 Å². The first-order valence-electron chi connectivity index (χ1n) is 13.2. The van der Waals surface area contributed by atoms with E-state index in [1.54, 1.807) is 57.4 Å². The second-order valence-electron chi connectivity index (χ2n) is 9.09. The Morgan fingerprint density at radius 2 is 1.76 bits per heavy atom. The number of hydrogen-bond donors (Lipinski definition) is 3. The molecule has 1 aliphatic heterocycles. The molecule has 0 unspecified atom stereocenters. The van der Waals surface area contributed by atoms with E-state index >= 15 is 0 Å². The number of amides is 1. The van der Waals surface area contributed by atoms with Crippen molar-refractivity contribution in [1.82, 2.24) is 16.1 Å². The molecular formula is C31H32N4O6S. The number of para-hydroxylation sites is 1. The molecule has 1 aliphatic rings. The fourth-order valence-corrected chi connectivity index (χ4v) is 4.50. The van der Waals surface area contributed by atoms with Crippen LogP contribution in [-0.2, 0) is 20.9 Å². The van der Waals surface area contributed by atoms with Crippen LogP contribution in [0, 0.1) is 0 Å². The topological polar surface area (TPSA) is 120 Å². The molecule has 1 atom stereocenters. The van der Waals surface area contributed by atoms with Gasteiger partial charge in [0.05, 0.1) is 31.5 Å². The summed E-state index contributed by atoms with van der Waals surface area (Å²) >= 11 is 5.31. The van der Waals surface area contributed by atoms with Gasteiger partial charge in [0.15, 0.2) is 23.2 Å². The van der Waals surface area contributed by atoms with E-state index in [1.165, 1.54) is 6.21 Å². The van der Waals surface area contributed by atoms with Crippen molar-refractivity contribution in [2.75, 3.05) is 20.3 Å². The van der Waals surface area contributed by atoms with E-state index in [2.05, 4.69) is 21.2 Å². The summed E-state index contributed by atoms with van der Waals surface area (Å²) in [4.78, 5) is 25.3. The van der Waals surface area contributed by atoms with Gasteiger partial charge < -0.3 is 29.6 Å². The van der Waals surface area contributed by atoms with Crippen LogP contribution < -0.4 is 30.3 Å². The molecule has 218 valence electrons. The summed E-state index contributed by atoms with van der Waals surface area (Å²) in [6, 6.07) is 21.6. The summed E-state index contributed by atoms with van der Waals surface area (Å²) in [5.41, 5.74) is 5.79. The van der Waals surface area contributed by atoms with E-state index in [9.17, 15) is 9.59 Å². The Labute approximate surface area is 249 Å². The van der Waals surface area contributed by atoms with Gasteiger partial charge in [0.2, 0.25) is 0 Å². The predicted octanol–water partition coefficient (Wildman–Crippen LogP) is 4.16. The fraction of sp³-hybridized carbons (Fsp3) is 0.226. The molecule has 0 bridgehead atoms. The Balaban J connectivity index is 1.37. The number of thiocarbonyl (C=S) groups is 1. The maximum absolute atomic E-state index is 12.7. The molecule has 3 aromatic rings. The molecule has 4 rings (SSSR count). The van der Waals surface area contributed by atoms with E-state index in [4.69, 9.17) is 31.2 Å². The van der Waals surface area contributed by atoms with Gasteiger partial charge in [0.1, 0.15) is 12.4 Å². The monoisotopic (exact) mass is 588 g/mol. The molecule has 0 saturated heterocycles. The van der Waals surface area contributed by atoms with Crippen LogP contribution in [0.4, 0.5) is 0 Å². The van der Waals surface area contributed by atoms with Gasteiger partial charge in [-0.05, 0) is 61.5 Å². The van der Waals surface area contributed by atoms with Crippen LogP contribution in [0.25, 0.3) is 0 Å². The standard InChI is InChI=1S/C31H32N4O6S/c1-4-39-30(37)28-20(2)33-31(42)34-29(28)23-12-8-9-13-24(23)41-19-27(36)35-32-17-22-14-15-25(26(16-22)38-3)40-18-21-10-6-5-7-11-21/h5-17,29H,4,18-19H2,1-3H3,(H,35,36)(H2,33,34,42)/t29-/m1/s1. The molecule has 0 fully saturated rings. The maximum atomic E-state index is 12.7. The Morgan fingerprint density at radius 1 is 1.00 bits per heavy atom. The minimum atomic E-state index is -0.621. The number of nitrogens with one attached hydrogen (secondary N) is 3. The number of ether oxygens (including phenoxy) is 4. The molecule has 0 aliphatic carbocycles. The van der Waals surface area contributed by atoms with Crippen LogP contribution in [0.1, 0.15) is 36.6 Å². The molecule has 1 amide bonds. The number of allylic oxidation sites excluding steroid dienone is 1. The van der Waals surface area contributed by atoms with Gasteiger partial charge in [-0.3, -0.25) is 4.79 Å². The van der Waals surface area contributed by atoms with Crippen molar-refractivity contribution in [3.05, 3.63) is 101 Å². The summed E-state index contributed by atoms with van der Waals surface area (Å²) < 4.78 is 22.4. The lowest BCUT2D eigenvalue weighted by Gasteiger charge is -2.30. The number of rotatable bonds is 12. The lowest BCUT2D eigenvalue weighted by atomic mass is 9.95. The van der Waals surface area contributed by atoms with E-state index < -0.39 is 17.9 Å². The first kappa shape index (κ1) is 30.1. The van der Waals surface area contributed by atoms with Gasteiger partial charge in [-0.1, -0.05) is 48.5 Å². The first-order valence-corrected chi connectivity index (χ1v) is 13.6. The molecule has 42 heavy (non-hydrogen) atoms. The van der Waals surface area contributed by atoms with Gasteiger partial charge >= 0.3 is 5.97 Å². The molecule has 3 aromatic carbocycles. The zero-order chi connectivity index (χ0) is 29.9. The number of nitrogens with zero attached hydrogens (tertiary/aromatic N) is 1. The predicted molar refractivity (Wildman–Crippen MR) is 162 cm³/mol. The summed E-state index contributed by atoms with van der Waals surface area (Å²) in [6.07, 6.45) is 1.49. The van der Waals surface area contributed by atoms with Crippen LogP contribution in [0.2, 0.25) is 0 Å². The van der Waals surface area contributed by atoms with Crippen LogP contribution in [-0.4, -0.2) is 43.5 Å². The average Bonchev–Trinajstić information content (AvgIpc) is 2.99. The van der Waals surface area contributed by atoms with Crippen molar-refractivity contribution in [3.8, 4) is 17.2 Å². The summed E-state index contributed by atoms with van der Waals surface area (Å²) in [7, 11) is 1.56. The molecular weight excluding hydrogens is 556 g/mol. The van der Waals surface area contributed by atoms with E-state index in [0.717, 1.165) is 5.56 Å². The summed E-state index contributed by atoms with van der Waals surface area (Å²) in [5.74, 6) is 0.594. The maximum Gasteiger partial charge on any atom is 0.338 e. The third-order valence-corrected chi connectivity index (χ3v) is 6.40. The fourth-order valence-electron chi connectivity index (χ4n) is 4.23. The zero-order valence-electron chi connectivity index (χ0n) is 23.5. The number of hydrogen-bond acceptors (Lipinski definition) is 8. The van der Waals surface area contributed by atoms with Crippen molar-refractivity contribution in [2.24, 2.45) is 5.10 Å². The minimum Gasteiger partial charge on any atom is -0.493 e. The average molecular weight is 589 g/mol. The van der Waals surface area contributed by atoms with Crippen LogP contribution in [0.15, 0.2) is 89.2 Å². The SMILES string of the molecule is CCOC(=O)C1=C(C)NC(=S)N[C@@H]1c1ccccc1OCC(=O)NN=Cc1ccc(OCc2ccccc2)c(OC)c1. The molecule has 0 spiro atoms. The van der Waals surface area contributed by atoms with Gasteiger partial charge in [0, 0.05) is 11.3 Å². The van der Waals surface area contributed by atoms with Crippen molar-refractivity contribution in [1.29, 1.82) is 0 Å². The molecule has 1 heterocycles. The highest BCUT2D eigenvalue weighted by molar-refractivity contribution is 7.80. The second-order valence-corrected chi connectivity index (χ2v) is 9.50. The Morgan fingerprint density at radius 3 is 2.52 bits per heavy atom. The van der Waals surface area contributed by atoms with Crippen molar-refractivity contribution < 1.29 is 28.5 Å². The van der Waals surface area contributed by atoms with Gasteiger partial charge in [-0.25, -0.2) is 10.2 Å². The number of carbonyl (C=O) groups is 2. The summed E-state index contributed by atoms with van der Waals surface area (Å²) in [6.45, 7) is 3.82. The highest BCUT2D eigenvalue weighted by atomic mass is 32.1.